The molecule has 0 spiro atoms. The zero-order valence-corrected chi connectivity index (χ0v) is 17.7. The molecule has 1 aliphatic rings. The highest BCUT2D eigenvalue weighted by Gasteiger charge is 2.38. The summed E-state index contributed by atoms with van der Waals surface area (Å²) in [4.78, 5) is 26.3. The van der Waals surface area contributed by atoms with Crippen molar-refractivity contribution in [2.45, 2.75) is 19.3 Å². The second-order valence-electron chi connectivity index (χ2n) is 7.19. The zero-order valence-electron chi connectivity index (χ0n) is 16.1. The monoisotopic (exact) mass is 439 g/mol. The number of carbonyl (C=O) groups excluding carboxylic acids is 2. The molecule has 0 aliphatic carbocycles. The van der Waals surface area contributed by atoms with Gasteiger partial charge in [0.15, 0.2) is 12.4 Å². The number of hydrogen-bond acceptors (Lipinski definition) is 4. The van der Waals surface area contributed by atoms with Gasteiger partial charge in [0.25, 0.3) is 0 Å². The second-order valence-corrected chi connectivity index (χ2v) is 8.11. The number of ether oxygens (including phenoxy) is 1. The Morgan fingerprint density at radius 1 is 1.14 bits per heavy atom. The molecule has 1 aliphatic heterocycles. The average molecular weight is 440 g/mol. The van der Waals surface area contributed by atoms with Crippen LogP contribution in [-0.4, -0.2) is 25.4 Å². The highest BCUT2D eigenvalue weighted by Crippen LogP contribution is 2.46. The number of carbonyl (C=O) groups is 2. The maximum Gasteiger partial charge on any atom is 0.331 e. The van der Waals surface area contributed by atoms with E-state index in [4.69, 9.17) is 4.74 Å². The number of esters is 1. The maximum atomic E-state index is 12.4. The summed E-state index contributed by atoms with van der Waals surface area (Å²) >= 11 is 3.38. The largest absolute Gasteiger partial charge is 0.454 e. The van der Waals surface area contributed by atoms with Crippen LogP contribution in [0.15, 0.2) is 70.9 Å². The Hall–Kier alpha value is -2.66. The lowest BCUT2D eigenvalue weighted by atomic mass is 9.83. The minimum atomic E-state index is -0.547. The van der Waals surface area contributed by atoms with Crippen molar-refractivity contribution in [2.75, 3.05) is 18.6 Å². The van der Waals surface area contributed by atoms with Crippen molar-refractivity contribution in [3.05, 3.63) is 82.0 Å². The summed E-state index contributed by atoms with van der Waals surface area (Å²) in [6, 6.07) is 15.6. The summed E-state index contributed by atoms with van der Waals surface area (Å²) in [6.45, 7) is 3.88. The van der Waals surface area contributed by atoms with Crippen molar-refractivity contribution in [3.63, 3.8) is 0 Å². The number of rotatable bonds is 5. The van der Waals surface area contributed by atoms with Crippen molar-refractivity contribution >= 4 is 39.4 Å². The molecule has 0 bridgehead atoms. The fourth-order valence-corrected chi connectivity index (χ4v) is 3.83. The van der Waals surface area contributed by atoms with Crippen LogP contribution in [0, 0.1) is 0 Å². The summed E-state index contributed by atoms with van der Waals surface area (Å²) in [7, 11) is 1.94. The van der Waals surface area contributed by atoms with Crippen LogP contribution < -0.4 is 4.90 Å². The topological polar surface area (TPSA) is 46.6 Å². The molecule has 2 aromatic carbocycles. The van der Waals surface area contributed by atoms with E-state index >= 15 is 0 Å². The fourth-order valence-electron chi connectivity index (χ4n) is 3.42. The Balaban J connectivity index is 1.63. The first-order valence-electron chi connectivity index (χ1n) is 8.97. The molecule has 0 radical (unpaired) electrons. The molecule has 0 N–H and O–H groups in total. The normalized spacial score (nSPS) is 16.4. The van der Waals surface area contributed by atoms with E-state index in [0.717, 1.165) is 21.4 Å². The molecule has 0 fully saturated rings. The summed E-state index contributed by atoms with van der Waals surface area (Å²) < 4.78 is 6.02. The third-order valence-corrected chi connectivity index (χ3v) is 5.35. The molecule has 0 unspecified atom stereocenters. The molecule has 0 saturated carbocycles. The first-order chi connectivity index (χ1) is 13.3. The summed E-state index contributed by atoms with van der Waals surface area (Å²) in [5, 5.41) is 0. The smallest absolute Gasteiger partial charge is 0.331 e. The van der Waals surface area contributed by atoms with Crippen LogP contribution in [0.25, 0.3) is 6.08 Å². The summed E-state index contributed by atoms with van der Waals surface area (Å²) in [5.74, 6) is -0.791. The van der Waals surface area contributed by atoms with Crippen LogP contribution in [0.1, 0.15) is 25.0 Å². The average Bonchev–Trinajstić information content (AvgIpc) is 2.86. The molecule has 5 heteroatoms. The molecule has 0 saturated heterocycles. The fraction of sp³-hybridized carbons (Fsp3) is 0.217. The van der Waals surface area contributed by atoms with Gasteiger partial charge < -0.3 is 9.64 Å². The maximum absolute atomic E-state index is 12.4. The predicted molar refractivity (Wildman–Crippen MR) is 115 cm³/mol. The Labute approximate surface area is 173 Å². The van der Waals surface area contributed by atoms with E-state index in [-0.39, 0.29) is 17.8 Å². The minimum Gasteiger partial charge on any atom is -0.454 e. The number of halogens is 1. The lowest BCUT2D eigenvalue weighted by Crippen LogP contribution is -2.25. The third kappa shape index (κ3) is 4.25. The second kappa shape index (κ2) is 8.15. The van der Waals surface area contributed by atoms with Crippen LogP contribution in [0.3, 0.4) is 0 Å². The van der Waals surface area contributed by atoms with Crippen LogP contribution >= 0.6 is 15.9 Å². The van der Waals surface area contributed by atoms with E-state index < -0.39 is 5.97 Å². The lowest BCUT2D eigenvalue weighted by molar-refractivity contribution is -0.141. The van der Waals surface area contributed by atoms with E-state index in [2.05, 4.69) is 35.8 Å². The number of ketones is 1. The Morgan fingerprint density at radius 2 is 1.89 bits per heavy atom. The van der Waals surface area contributed by atoms with Gasteiger partial charge in [-0.1, -0.05) is 60.1 Å². The molecular weight excluding hydrogens is 418 g/mol. The van der Waals surface area contributed by atoms with E-state index in [1.165, 1.54) is 11.6 Å². The molecule has 0 amide bonds. The number of benzene rings is 2. The van der Waals surface area contributed by atoms with Gasteiger partial charge in [-0.15, -0.1) is 0 Å². The Bertz CT molecular complexity index is 975. The molecule has 3 rings (SSSR count). The standard InChI is InChI=1S/C23H22BrNO3/c1-23(2)19-9-4-5-10-20(19)25(3)21(23)14-18(26)15-28-22(27)12-11-16-7-6-8-17(24)13-16/h4-14H,15H2,1-3H3. The number of allylic oxidation sites excluding steroid dienone is 1. The Kier molecular flexibility index (Phi) is 5.84. The molecule has 1 heterocycles. The molecule has 144 valence electrons. The van der Waals surface area contributed by atoms with Gasteiger partial charge in [-0.25, -0.2) is 4.79 Å². The van der Waals surface area contributed by atoms with Gasteiger partial charge in [0, 0.05) is 40.5 Å². The van der Waals surface area contributed by atoms with E-state index in [1.807, 2.05) is 54.4 Å². The van der Waals surface area contributed by atoms with E-state index in [1.54, 1.807) is 12.2 Å². The predicted octanol–water partition coefficient (Wildman–Crippen LogP) is 4.89. The number of para-hydroxylation sites is 1. The first-order valence-corrected chi connectivity index (χ1v) is 9.77. The van der Waals surface area contributed by atoms with Crippen LogP contribution in [0.2, 0.25) is 0 Å². The molecular formula is C23H22BrNO3. The number of hydrogen-bond donors (Lipinski definition) is 0. The van der Waals surface area contributed by atoms with Crippen molar-refractivity contribution in [3.8, 4) is 0 Å². The quantitative estimate of drug-likeness (QED) is 0.491. The minimum absolute atomic E-state index is 0.244. The van der Waals surface area contributed by atoms with Crippen LogP contribution in [0.4, 0.5) is 5.69 Å². The van der Waals surface area contributed by atoms with Gasteiger partial charge in [-0.05, 0) is 35.4 Å². The highest BCUT2D eigenvalue weighted by molar-refractivity contribution is 9.10. The van der Waals surface area contributed by atoms with Crippen LogP contribution in [0.5, 0.6) is 0 Å². The number of nitrogens with zero attached hydrogens (tertiary/aromatic N) is 1. The van der Waals surface area contributed by atoms with Crippen molar-refractivity contribution < 1.29 is 14.3 Å². The van der Waals surface area contributed by atoms with Crippen molar-refractivity contribution in [1.29, 1.82) is 0 Å². The van der Waals surface area contributed by atoms with Crippen LogP contribution in [-0.2, 0) is 19.7 Å². The summed E-state index contributed by atoms with van der Waals surface area (Å²) in [5.41, 5.74) is 3.73. The molecule has 0 atom stereocenters. The van der Waals surface area contributed by atoms with Gasteiger partial charge in [-0.3, -0.25) is 4.79 Å². The third-order valence-electron chi connectivity index (χ3n) is 4.86. The number of anilines is 1. The van der Waals surface area contributed by atoms with Gasteiger partial charge in [0.1, 0.15) is 0 Å². The Morgan fingerprint density at radius 3 is 2.61 bits per heavy atom. The van der Waals surface area contributed by atoms with Crippen molar-refractivity contribution in [1.82, 2.24) is 0 Å². The molecule has 4 nitrogen and oxygen atoms in total. The van der Waals surface area contributed by atoms with E-state index in [9.17, 15) is 9.59 Å². The summed E-state index contributed by atoms with van der Waals surface area (Å²) in [6.07, 6.45) is 4.55. The molecule has 0 aromatic heterocycles. The highest BCUT2D eigenvalue weighted by atomic mass is 79.9. The van der Waals surface area contributed by atoms with Gasteiger partial charge in [-0.2, -0.15) is 0 Å². The molecule has 2 aromatic rings. The van der Waals surface area contributed by atoms with Gasteiger partial charge in [0.05, 0.1) is 0 Å². The number of likely N-dealkylation sites (N-methyl/N-ethyl adjacent to an activating group) is 1. The SMILES string of the molecule is CN1C(=CC(=O)COC(=O)C=Cc2cccc(Br)c2)C(C)(C)c2ccccc21. The number of fused-ring (bicyclic) bond motifs is 1. The molecule has 28 heavy (non-hydrogen) atoms. The first kappa shape index (κ1) is 20.1. The van der Waals surface area contributed by atoms with Gasteiger partial charge >= 0.3 is 5.97 Å². The van der Waals surface area contributed by atoms with Crippen molar-refractivity contribution in [2.24, 2.45) is 0 Å². The van der Waals surface area contributed by atoms with E-state index in [0.29, 0.717) is 0 Å². The van der Waals surface area contributed by atoms with Gasteiger partial charge in [0.2, 0.25) is 0 Å². The zero-order chi connectivity index (χ0) is 20.3. The lowest BCUT2D eigenvalue weighted by Gasteiger charge is -2.23.